The second kappa shape index (κ2) is 7.52. The van der Waals surface area contributed by atoms with Crippen LogP contribution in [0.25, 0.3) is 22.3 Å². The zero-order valence-electron chi connectivity index (χ0n) is 17.7. The van der Waals surface area contributed by atoms with Crippen LogP contribution in [0.2, 0.25) is 0 Å². The number of aromatic nitrogens is 2. The molecule has 2 heterocycles. The van der Waals surface area contributed by atoms with Crippen LogP contribution in [-0.4, -0.2) is 32.1 Å². The number of hydrogen-bond acceptors (Lipinski definition) is 3. The highest BCUT2D eigenvalue weighted by atomic mass is 16.4. The number of aliphatic carboxylic acids is 1. The number of aryl methyl sites for hydroxylation is 1. The summed E-state index contributed by atoms with van der Waals surface area (Å²) in [5, 5.41) is 13.5. The summed E-state index contributed by atoms with van der Waals surface area (Å²) in [6.07, 6.45) is 8.41. The van der Waals surface area contributed by atoms with Crippen LogP contribution >= 0.6 is 0 Å². The zero-order valence-corrected chi connectivity index (χ0v) is 17.7. The molecule has 2 saturated carbocycles. The largest absolute Gasteiger partial charge is 0.480 e. The van der Waals surface area contributed by atoms with Crippen LogP contribution in [0.1, 0.15) is 66.8 Å². The third-order valence-electron chi connectivity index (χ3n) is 7.14. The molecule has 5 rings (SSSR count). The van der Waals surface area contributed by atoms with Gasteiger partial charge in [-0.3, -0.25) is 9.78 Å². The molecule has 31 heavy (non-hydrogen) atoms. The number of rotatable bonds is 5. The van der Waals surface area contributed by atoms with Gasteiger partial charge in [0.15, 0.2) is 0 Å². The third kappa shape index (κ3) is 3.21. The van der Waals surface area contributed by atoms with Crippen molar-refractivity contribution in [2.45, 2.75) is 56.4 Å². The van der Waals surface area contributed by atoms with E-state index in [4.69, 9.17) is 0 Å². The predicted molar refractivity (Wildman–Crippen MR) is 119 cm³/mol. The molecule has 2 aliphatic rings. The molecular weight excluding hydrogens is 390 g/mol. The SMILES string of the molecule is Cn1c(-c2ccccn2)c(C2CCCC2)c2ccc(C(=O)NC3(C(=O)O)CCC3)cc21. The van der Waals surface area contributed by atoms with Gasteiger partial charge < -0.3 is 15.0 Å². The van der Waals surface area contributed by atoms with Crippen molar-refractivity contribution in [3.63, 3.8) is 0 Å². The molecule has 0 saturated heterocycles. The number of hydrogen-bond donors (Lipinski definition) is 2. The van der Waals surface area contributed by atoms with Gasteiger partial charge in [-0.2, -0.15) is 0 Å². The third-order valence-corrected chi connectivity index (χ3v) is 7.14. The molecule has 6 nitrogen and oxygen atoms in total. The molecule has 0 bridgehead atoms. The predicted octanol–water partition coefficient (Wildman–Crippen LogP) is 4.64. The second-order valence-corrected chi connectivity index (χ2v) is 8.94. The Hall–Kier alpha value is -3.15. The number of carbonyl (C=O) groups excluding carboxylic acids is 1. The van der Waals surface area contributed by atoms with Crippen LogP contribution in [0.4, 0.5) is 0 Å². The fourth-order valence-electron chi connectivity index (χ4n) is 5.26. The van der Waals surface area contributed by atoms with Crippen molar-refractivity contribution in [2.24, 2.45) is 7.05 Å². The lowest BCUT2D eigenvalue weighted by atomic mass is 9.76. The Labute approximate surface area is 181 Å². The fraction of sp³-hybridized carbons (Fsp3) is 0.400. The molecule has 1 amide bonds. The number of carbonyl (C=O) groups is 2. The summed E-state index contributed by atoms with van der Waals surface area (Å²) in [4.78, 5) is 29.2. The molecule has 2 aliphatic carbocycles. The van der Waals surface area contributed by atoms with Crippen LogP contribution in [0.3, 0.4) is 0 Å². The highest BCUT2D eigenvalue weighted by Crippen LogP contribution is 2.44. The second-order valence-electron chi connectivity index (χ2n) is 8.94. The van der Waals surface area contributed by atoms with E-state index in [-0.39, 0.29) is 5.91 Å². The molecular formula is C25H27N3O3. The lowest BCUT2D eigenvalue weighted by Crippen LogP contribution is -2.59. The maximum absolute atomic E-state index is 12.9. The number of carboxylic acid groups (broad SMARTS) is 1. The van der Waals surface area contributed by atoms with E-state index in [2.05, 4.69) is 14.9 Å². The van der Waals surface area contributed by atoms with E-state index in [9.17, 15) is 14.7 Å². The van der Waals surface area contributed by atoms with E-state index in [1.165, 1.54) is 31.2 Å². The van der Waals surface area contributed by atoms with Gasteiger partial charge in [0.25, 0.3) is 5.91 Å². The first-order valence-corrected chi connectivity index (χ1v) is 11.1. The maximum atomic E-state index is 12.9. The molecule has 3 aromatic rings. The molecule has 1 aromatic carbocycles. The summed E-state index contributed by atoms with van der Waals surface area (Å²) in [6, 6.07) is 11.7. The molecule has 0 spiro atoms. The Kier molecular flexibility index (Phi) is 4.80. The van der Waals surface area contributed by atoms with Gasteiger partial charge in [0, 0.05) is 29.7 Å². The lowest BCUT2D eigenvalue weighted by Gasteiger charge is -2.38. The average molecular weight is 418 g/mol. The topological polar surface area (TPSA) is 84.2 Å². The Morgan fingerprint density at radius 3 is 2.52 bits per heavy atom. The fourth-order valence-corrected chi connectivity index (χ4v) is 5.26. The van der Waals surface area contributed by atoms with E-state index < -0.39 is 11.5 Å². The van der Waals surface area contributed by atoms with Gasteiger partial charge in [-0.15, -0.1) is 0 Å². The summed E-state index contributed by atoms with van der Waals surface area (Å²) in [7, 11) is 2.02. The summed E-state index contributed by atoms with van der Waals surface area (Å²) in [6.45, 7) is 0. The highest BCUT2D eigenvalue weighted by molar-refractivity contribution is 6.02. The van der Waals surface area contributed by atoms with E-state index in [0.29, 0.717) is 24.3 Å². The molecule has 2 N–H and O–H groups in total. The first kappa shape index (κ1) is 19.8. The van der Waals surface area contributed by atoms with Crippen molar-refractivity contribution in [2.75, 3.05) is 0 Å². The quantitative estimate of drug-likeness (QED) is 0.634. The van der Waals surface area contributed by atoms with Gasteiger partial charge in [-0.1, -0.05) is 25.0 Å². The van der Waals surface area contributed by atoms with Gasteiger partial charge in [0.2, 0.25) is 0 Å². The minimum absolute atomic E-state index is 0.327. The first-order chi connectivity index (χ1) is 15.0. The number of benzene rings is 1. The average Bonchev–Trinajstić information content (AvgIpc) is 3.37. The summed E-state index contributed by atoms with van der Waals surface area (Å²) in [5.41, 5.74) is 3.73. The van der Waals surface area contributed by atoms with Crippen LogP contribution in [0, 0.1) is 0 Å². The molecule has 0 unspecified atom stereocenters. The smallest absolute Gasteiger partial charge is 0.329 e. The number of fused-ring (bicyclic) bond motifs is 1. The molecule has 0 aliphatic heterocycles. The molecule has 0 radical (unpaired) electrons. The Morgan fingerprint density at radius 2 is 1.90 bits per heavy atom. The van der Waals surface area contributed by atoms with Gasteiger partial charge in [-0.25, -0.2) is 4.79 Å². The molecule has 0 atom stereocenters. The number of carboxylic acids is 1. The number of nitrogens with zero attached hydrogens (tertiary/aromatic N) is 2. The minimum Gasteiger partial charge on any atom is -0.480 e. The summed E-state index contributed by atoms with van der Waals surface area (Å²) < 4.78 is 2.14. The maximum Gasteiger partial charge on any atom is 0.329 e. The van der Waals surface area contributed by atoms with E-state index >= 15 is 0 Å². The van der Waals surface area contributed by atoms with Crippen LogP contribution in [-0.2, 0) is 11.8 Å². The van der Waals surface area contributed by atoms with Gasteiger partial charge in [0.1, 0.15) is 5.54 Å². The number of nitrogens with one attached hydrogen (secondary N) is 1. The minimum atomic E-state index is -1.12. The van der Waals surface area contributed by atoms with E-state index in [1.54, 1.807) is 0 Å². The molecule has 2 aromatic heterocycles. The zero-order chi connectivity index (χ0) is 21.6. The number of pyridine rings is 1. The van der Waals surface area contributed by atoms with E-state index in [1.807, 2.05) is 49.6 Å². The standard InChI is InChI=1S/C25H27N3O3/c1-28-20-15-17(23(29)27-25(24(30)31)12-6-13-25)10-11-18(20)21(16-7-2-3-8-16)22(28)19-9-4-5-14-26-19/h4-5,9-11,14-16H,2-3,6-8,12-13H2,1H3,(H,27,29)(H,30,31). The van der Waals surface area contributed by atoms with Gasteiger partial charge in [-0.05, 0) is 67.9 Å². The van der Waals surface area contributed by atoms with Crippen LogP contribution < -0.4 is 5.32 Å². The monoisotopic (exact) mass is 417 g/mol. The Bertz CT molecular complexity index is 1160. The van der Waals surface area contributed by atoms with Gasteiger partial charge in [0.05, 0.1) is 11.4 Å². The van der Waals surface area contributed by atoms with Crippen LogP contribution in [0.5, 0.6) is 0 Å². The van der Waals surface area contributed by atoms with Crippen molar-refractivity contribution >= 4 is 22.8 Å². The van der Waals surface area contributed by atoms with E-state index in [0.717, 1.165) is 28.7 Å². The normalized spacial score (nSPS) is 18.1. The highest BCUT2D eigenvalue weighted by Gasteiger charge is 2.45. The Morgan fingerprint density at radius 1 is 1.13 bits per heavy atom. The first-order valence-electron chi connectivity index (χ1n) is 11.1. The van der Waals surface area contributed by atoms with Crippen molar-refractivity contribution < 1.29 is 14.7 Å². The Balaban J connectivity index is 1.60. The van der Waals surface area contributed by atoms with Gasteiger partial charge >= 0.3 is 5.97 Å². The van der Waals surface area contributed by atoms with Crippen molar-refractivity contribution in [3.05, 3.63) is 53.7 Å². The van der Waals surface area contributed by atoms with Crippen molar-refractivity contribution in [1.29, 1.82) is 0 Å². The summed E-state index contributed by atoms with van der Waals surface area (Å²) >= 11 is 0. The van der Waals surface area contributed by atoms with Crippen molar-refractivity contribution in [3.8, 4) is 11.4 Å². The lowest BCUT2D eigenvalue weighted by molar-refractivity contribution is -0.148. The number of amides is 1. The molecule has 6 heteroatoms. The van der Waals surface area contributed by atoms with Crippen molar-refractivity contribution in [1.82, 2.24) is 14.9 Å². The van der Waals surface area contributed by atoms with Crippen LogP contribution in [0.15, 0.2) is 42.6 Å². The summed E-state index contributed by atoms with van der Waals surface area (Å²) in [5.74, 6) is -0.786. The molecule has 2 fully saturated rings. The molecule has 160 valence electrons.